The summed E-state index contributed by atoms with van der Waals surface area (Å²) in [4.78, 5) is 8.58. The molecule has 20 heavy (non-hydrogen) atoms. The second-order valence-electron chi connectivity index (χ2n) is 4.40. The summed E-state index contributed by atoms with van der Waals surface area (Å²) in [5.41, 5.74) is 1.96. The molecule has 0 aliphatic rings. The highest BCUT2D eigenvalue weighted by atomic mass is 16.5. The molecule has 0 unspecified atom stereocenters. The molecule has 1 N–H and O–H groups in total. The lowest BCUT2D eigenvalue weighted by atomic mass is 10.1. The van der Waals surface area contributed by atoms with Crippen LogP contribution in [0.2, 0.25) is 0 Å². The van der Waals surface area contributed by atoms with Crippen LogP contribution in [0.1, 0.15) is 5.56 Å². The minimum atomic E-state index is 0.630. The molecule has 0 saturated carbocycles. The van der Waals surface area contributed by atoms with Crippen molar-refractivity contribution >= 4 is 16.7 Å². The number of nitrogens with zero attached hydrogens (tertiary/aromatic N) is 4. The molecule has 0 aliphatic heterocycles. The SMILES string of the molecule is CNc1nc2cc(OC)ccc2cc1Cn1cncn1. The summed E-state index contributed by atoms with van der Waals surface area (Å²) in [6, 6.07) is 7.97. The Morgan fingerprint density at radius 3 is 2.90 bits per heavy atom. The van der Waals surface area contributed by atoms with Crippen LogP contribution >= 0.6 is 0 Å². The zero-order valence-corrected chi connectivity index (χ0v) is 11.4. The second kappa shape index (κ2) is 5.16. The topological polar surface area (TPSA) is 64.9 Å². The number of fused-ring (bicyclic) bond motifs is 1. The minimum Gasteiger partial charge on any atom is -0.497 e. The van der Waals surface area contributed by atoms with Crippen LogP contribution in [0.4, 0.5) is 5.82 Å². The van der Waals surface area contributed by atoms with E-state index in [0.29, 0.717) is 6.54 Å². The third-order valence-corrected chi connectivity index (χ3v) is 3.14. The molecule has 0 atom stereocenters. The molecule has 2 aromatic heterocycles. The van der Waals surface area contributed by atoms with Crippen LogP contribution in [-0.2, 0) is 6.54 Å². The van der Waals surface area contributed by atoms with E-state index in [1.165, 1.54) is 6.33 Å². The number of rotatable bonds is 4. The van der Waals surface area contributed by atoms with E-state index >= 15 is 0 Å². The number of ether oxygens (including phenoxy) is 1. The normalized spacial score (nSPS) is 10.7. The number of nitrogens with one attached hydrogen (secondary N) is 1. The highest BCUT2D eigenvalue weighted by molar-refractivity contribution is 5.83. The molecular formula is C14H15N5O. The van der Waals surface area contributed by atoms with Gasteiger partial charge in [0.2, 0.25) is 0 Å². The number of hydrogen-bond acceptors (Lipinski definition) is 5. The number of hydrogen-bond donors (Lipinski definition) is 1. The first-order valence-corrected chi connectivity index (χ1v) is 6.28. The number of benzene rings is 1. The number of aromatic nitrogens is 4. The monoisotopic (exact) mass is 269 g/mol. The molecule has 1 aromatic carbocycles. The van der Waals surface area contributed by atoms with Crippen molar-refractivity contribution in [2.45, 2.75) is 6.54 Å². The summed E-state index contributed by atoms with van der Waals surface area (Å²) in [6.45, 7) is 0.630. The molecule has 6 nitrogen and oxygen atoms in total. The maximum absolute atomic E-state index is 5.23. The van der Waals surface area contributed by atoms with E-state index in [4.69, 9.17) is 4.74 Å². The lowest BCUT2D eigenvalue weighted by Gasteiger charge is -2.11. The standard InChI is InChI=1S/C14H15N5O/c1-15-14-11(7-19-9-16-8-17-19)5-10-3-4-12(20-2)6-13(10)18-14/h3-6,8-9H,7H2,1-2H3,(H,15,18). The molecular weight excluding hydrogens is 254 g/mol. The molecule has 2 heterocycles. The van der Waals surface area contributed by atoms with E-state index < -0.39 is 0 Å². The maximum Gasteiger partial charge on any atom is 0.137 e. The van der Waals surface area contributed by atoms with Crippen LogP contribution in [-0.4, -0.2) is 33.9 Å². The molecule has 102 valence electrons. The van der Waals surface area contributed by atoms with E-state index in [2.05, 4.69) is 26.4 Å². The van der Waals surface area contributed by atoms with Crippen LogP contribution < -0.4 is 10.1 Å². The van der Waals surface area contributed by atoms with Gasteiger partial charge in [0, 0.05) is 24.1 Å². The summed E-state index contributed by atoms with van der Waals surface area (Å²) < 4.78 is 7.00. The average Bonchev–Trinajstić information content (AvgIpc) is 2.99. The van der Waals surface area contributed by atoms with E-state index in [-0.39, 0.29) is 0 Å². The zero-order valence-electron chi connectivity index (χ0n) is 11.4. The quantitative estimate of drug-likeness (QED) is 0.784. The Balaban J connectivity index is 2.07. The molecule has 0 fully saturated rings. The molecule has 3 rings (SSSR count). The molecule has 6 heteroatoms. The Kier molecular flexibility index (Phi) is 3.20. The number of pyridine rings is 1. The Labute approximate surface area is 116 Å². The lowest BCUT2D eigenvalue weighted by Crippen LogP contribution is -2.05. The van der Waals surface area contributed by atoms with Crippen molar-refractivity contribution in [3.8, 4) is 5.75 Å². The Bertz CT molecular complexity index is 724. The van der Waals surface area contributed by atoms with Crippen molar-refractivity contribution in [2.24, 2.45) is 0 Å². The van der Waals surface area contributed by atoms with Crippen molar-refractivity contribution in [3.05, 3.63) is 42.5 Å². The van der Waals surface area contributed by atoms with Gasteiger partial charge in [-0.25, -0.2) is 14.6 Å². The van der Waals surface area contributed by atoms with Gasteiger partial charge in [-0.05, 0) is 18.2 Å². The summed E-state index contributed by atoms with van der Waals surface area (Å²) in [5.74, 6) is 1.64. The van der Waals surface area contributed by atoms with Crippen LogP contribution in [0, 0.1) is 0 Å². The van der Waals surface area contributed by atoms with Crippen LogP contribution in [0.5, 0.6) is 5.75 Å². The first-order valence-electron chi connectivity index (χ1n) is 6.28. The van der Waals surface area contributed by atoms with Gasteiger partial charge >= 0.3 is 0 Å². The van der Waals surface area contributed by atoms with Crippen LogP contribution in [0.15, 0.2) is 36.9 Å². The van der Waals surface area contributed by atoms with E-state index in [1.54, 1.807) is 18.1 Å². The maximum atomic E-state index is 5.23. The molecule has 0 spiro atoms. The Morgan fingerprint density at radius 1 is 1.30 bits per heavy atom. The van der Waals surface area contributed by atoms with Crippen molar-refractivity contribution in [1.29, 1.82) is 0 Å². The fraction of sp³-hybridized carbons (Fsp3) is 0.214. The minimum absolute atomic E-state index is 0.630. The molecule has 0 amide bonds. The van der Waals surface area contributed by atoms with Crippen molar-refractivity contribution in [2.75, 3.05) is 19.5 Å². The summed E-state index contributed by atoms with van der Waals surface area (Å²) in [7, 11) is 3.51. The predicted octanol–water partition coefficient (Wildman–Crippen LogP) is 1.92. The number of anilines is 1. The van der Waals surface area contributed by atoms with Gasteiger partial charge in [-0.1, -0.05) is 0 Å². The first kappa shape index (κ1) is 12.4. The Hall–Kier alpha value is -2.63. The van der Waals surface area contributed by atoms with E-state index in [1.807, 2.05) is 25.2 Å². The van der Waals surface area contributed by atoms with Gasteiger partial charge in [-0.15, -0.1) is 0 Å². The molecule has 3 aromatic rings. The third kappa shape index (κ3) is 2.27. The lowest BCUT2D eigenvalue weighted by molar-refractivity contribution is 0.415. The summed E-state index contributed by atoms with van der Waals surface area (Å²) in [5, 5.41) is 8.32. The molecule has 0 radical (unpaired) electrons. The van der Waals surface area contributed by atoms with E-state index in [0.717, 1.165) is 28.0 Å². The second-order valence-corrected chi connectivity index (χ2v) is 4.40. The first-order chi connectivity index (χ1) is 9.80. The Morgan fingerprint density at radius 2 is 2.20 bits per heavy atom. The van der Waals surface area contributed by atoms with Gasteiger partial charge in [0.05, 0.1) is 19.2 Å². The van der Waals surface area contributed by atoms with Gasteiger partial charge in [-0.3, -0.25) is 0 Å². The summed E-state index contributed by atoms with van der Waals surface area (Å²) >= 11 is 0. The van der Waals surface area contributed by atoms with Gasteiger partial charge in [-0.2, -0.15) is 5.10 Å². The molecule has 0 aliphatic carbocycles. The average molecular weight is 269 g/mol. The van der Waals surface area contributed by atoms with Crippen molar-refractivity contribution in [1.82, 2.24) is 19.7 Å². The van der Waals surface area contributed by atoms with Gasteiger partial charge in [0.25, 0.3) is 0 Å². The van der Waals surface area contributed by atoms with Gasteiger partial charge in [0.15, 0.2) is 0 Å². The predicted molar refractivity (Wildman–Crippen MR) is 77.0 cm³/mol. The van der Waals surface area contributed by atoms with Gasteiger partial charge < -0.3 is 10.1 Å². The van der Waals surface area contributed by atoms with Crippen LogP contribution in [0.25, 0.3) is 10.9 Å². The zero-order chi connectivity index (χ0) is 13.9. The smallest absolute Gasteiger partial charge is 0.137 e. The van der Waals surface area contributed by atoms with Crippen molar-refractivity contribution in [3.63, 3.8) is 0 Å². The highest BCUT2D eigenvalue weighted by Gasteiger charge is 2.08. The van der Waals surface area contributed by atoms with Crippen LogP contribution in [0.3, 0.4) is 0 Å². The largest absolute Gasteiger partial charge is 0.497 e. The van der Waals surface area contributed by atoms with E-state index in [9.17, 15) is 0 Å². The van der Waals surface area contributed by atoms with Crippen molar-refractivity contribution < 1.29 is 4.74 Å². The fourth-order valence-electron chi connectivity index (χ4n) is 2.14. The third-order valence-electron chi connectivity index (χ3n) is 3.14. The van der Waals surface area contributed by atoms with Gasteiger partial charge in [0.1, 0.15) is 24.2 Å². The molecule has 0 bridgehead atoms. The fourth-order valence-corrected chi connectivity index (χ4v) is 2.14. The summed E-state index contributed by atoms with van der Waals surface area (Å²) in [6.07, 6.45) is 3.22. The number of methoxy groups -OCH3 is 1. The molecule has 0 saturated heterocycles. The highest BCUT2D eigenvalue weighted by Crippen LogP contribution is 2.24.